The summed E-state index contributed by atoms with van der Waals surface area (Å²) in [5.74, 6) is -0.686. The highest BCUT2D eigenvalue weighted by Crippen LogP contribution is 2.30. The van der Waals surface area contributed by atoms with E-state index in [0.29, 0.717) is 18.1 Å². The average molecular weight is 513 g/mol. The minimum atomic E-state index is -3.48. The number of thiazole rings is 1. The van der Waals surface area contributed by atoms with Crippen LogP contribution in [0.25, 0.3) is 22.4 Å². The summed E-state index contributed by atoms with van der Waals surface area (Å²) in [7, 11) is -3.48. The summed E-state index contributed by atoms with van der Waals surface area (Å²) in [5, 5.41) is 9.29. The molecule has 0 radical (unpaired) electrons. The number of carbonyl (C=O) groups is 2. The topological polar surface area (TPSA) is 101 Å². The van der Waals surface area contributed by atoms with Crippen LogP contribution in [0.5, 0.6) is 0 Å². The van der Waals surface area contributed by atoms with E-state index >= 15 is 0 Å². The molecule has 0 spiro atoms. The number of thiophene rings is 1. The van der Waals surface area contributed by atoms with Gasteiger partial charge in [0, 0.05) is 29.9 Å². The van der Waals surface area contributed by atoms with Gasteiger partial charge in [0.1, 0.15) is 6.04 Å². The van der Waals surface area contributed by atoms with Crippen molar-refractivity contribution in [1.82, 2.24) is 13.9 Å². The van der Waals surface area contributed by atoms with Crippen molar-refractivity contribution in [2.45, 2.75) is 12.5 Å². The maximum atomic E-state index is 12.8. The Balaban J connectivity index is 1.26. The maximum Gasteiger partial charge on any atom is 0.256 e. The molecule has 0 bridgehead atoms. The molecule has 8 nitrogen and oxygen atoms in total. The molecule has 34 heavy (non-hydrogen) atoms. The van der Waals surface area contributed by atoms with Gasteiger partial charge in [-0.15, -0.1) is 11.3 Å². The van der Waals surface area contributed by atoms with Crippen molar-refractivity contribution < 1.29 is 18.0 Å². The van der Waals surface area contributed by atoms with Gasteiger partial charge in [-0.05, 0) is 46.5 Å². The fourth-order valence-electron chi connectivity index (χ4n) is 3.72. The SMILES string of the molecule is CS(=O)(=O)n1ccc(C(=O)N2CC[C@H]2C(=O)Nc2nc(-c3cccc(-c4ccsc4)c3)cs2)c1. The second-order valence-corrected chi connectivity index (χ2v) is 11.4. The van der Waals surface area contributed by atoms with Crippen molar-refractivity contribution in [1.29, 1.82) is 0 Å². The molecular formula is C23H20N4O4S3. The second kappa shape index (κ2) is 8.82. The van der Waals surface area contributed by atoms with Gasteiger partial charge in [-0.25, -0.2) is 13.4 Å². The predicted molar refractivity (Wildman–Crippen MR) is 134 cm³/mol. The van der Waals surface area contributed by atoms with Crippen molar-refractivity contribution in [2.75, 3.05) is 18.1 Å². The molecule has 5 rings (SSSR count). The number of benzene rings is 1. The third-order valence-electron chi connectivity index (χ3n) is 5.63. The van der Waals surface area contributed by atoms with Crippen LogP contribution in [0.4, 0.5) is 5.13 Å². The molecular weight excluding hydrogens is 492 g/mol. The Morgan fingerprint density at radius 3 is 2.62 bits per heavy atom. The van der Waals surface area contributed by atoms with Gasteiger partial charge in [-0.1, -0.05) is 18.2 Å². The summed E-state index contributed by atoms with van der Waals surface area (Å²) in [6, 6.07) is 11.0. The number of anilines is 1. The highest BCUT2D eigenvalue weighted by Gasteiger charge is 2.38. The van der Waals surface area contributed by atoms with E-state index in [9.17, 15) is 18.0 Å². The molecule has 1 aromatic carbocycles. The van der Waals surface area contributed by atoms with Crippen LogP contribution in [0.1, 0.15) is 16.8 Å². The molecule has 1 saturated heterocycles. The van der Waals surface area contributed by atoms with E-state index in [2.05, 4.69) is 27.8 Å². The zero-order valence-corrected chi connectivity index (χ0v) is 20.5. The molecule has 0 saturated carbocycles. The van der Waals surface area contributed by atoms with E-state index in [4.69, 9.17) is 0 Å². The lowest BCUT2D eigenvalue weighted by Crippen LogP contribution is -2.56. The third-order valence-corrected chi connectivity index (χ3v) is 8.06. The summed E-state index contributed by atoms with van der Waals surface area (Å²) in [6.45, 7) is 0.430. The number of amides is 2. The van der Waals surface area contributed by atoms with Gasteiger partial charge in [0.2, 0.25) is 15.9 Å². The number of aromatic nitrogens is 2. The fraction of sp³-hybridized carbons (Fsp3) is 0.174. The van der Waals surface area contributed by atoms with Crippen LogP contribution in [0.15, 0.2) is 64.9 Å². The average Bonchev–Trinajstić information content (AvgIpc) is 3.53. The first-order valence-corrected chi connectivity index (χ1v) is 14.1. The van der Waals surface area contributed by atoms with Crippen LogP contribution in [-0.2, 0) is 14.8 Å². The monoisotopic (exact) mass is 512 g/mol. The molecule has 174 valence electrons. The predicted octanol–water partition coefficient (Wildman–Crippen LogP) is 4.00. The van der Waals surface area contributed by atoms with E-state index in [-0.39, 0.29) is 17.4 Å². The fourth-order valence-corrected chi connectivity index (χ4v) is 5.69. The normalized spacial score (nSPS) is 15.7. The summed E-state index contributed by atoms with van der Waals surface area (Å²) in [6.07, 6.45) is 4.18. The first-order valence-electron chi connectivity index (χ1n) is 10.4. The molecule has 1 aliphatic heterocycles. The quantitative estimate of drug-likeness (QED) is 0.421. The Hall–Kier alpha value is -3.28. The van der Waals surface area contributed by atoms with Gasteiger partial charge in [-0.2, -0.15) is 11.3 Å². The van der Waals surface area contributed by atoms with Crippen LogP contribution < -0.4 is 5.32 Å². The van der Waals surface area contributed by atoms with Gasteiger partial charge in [-0.3, -0.25) is 13.6 Å². The largest absolute Gasteiger partial charge is 0.326 e. The molecule has 11 heteroatoms. The lowest BCUT2D eigenvalue weighted by Gasteiger charge is -2.39. The van der Waals surface area contributed by atoms with Gasteiger partial charge in [0.15, 0.2) is 5.13 Å². The third kappa shape index (κ3) is 4.41. The van der Waals surface area contributed by atoms with Crippen molar-refractivity contribution in [3.05, 3.63) is 70.5 Å². The number of likely N-dealkylation sites (tertiary alicyclic amines) is 1. The van der Waals surface area contributed by atoms with Crippen LogP contribution in [0.2, 0.25) is 0 Å². The Morgan fingerprint density at radius 2 is 1.94 bits per heavy atom. The molecule has 1 N–H and O–H groups in total. The number of nitrogens with zero attached hydrogens (tertiary/aromatic N) is 3. The lowest BCUT2D eigenvalue weighted by atomic mass is 10.0. The summed E-state index contributed by atoms with van der Waals surface area (Å²) in [5.41, 5.74) is 4.20. The van der Waals surface area contributed by atoms with E-state index < -0.39 is 16.1 Å². The van der Waals surface area contributed by atoms with Gasteiger partial charge in [0.25, 0.3) is 5.91 Å². The minimum absolute atomic E-state index is 0.227. The molecule has 1 atom stereocenters. The van der Waals surface area contributed by atoms with Crippen LogP contribution in [0.3, 0.4) is 0 Å². The molecule has 1 aliphatic rings. The number of hydrogen-bond donors (Lipinski definition) is 1. The molecule has 4 heterocycles. The van der Waals surface area contributed by atoms with Gasteiger partial charge < -0.3 is 10.2 Å². The Morgan fingerprint density at radius 1 is 1.12 bits per heavy atom. The van der Waals surface area contributed by atoms with Crippen molar-refractivity contribution >= 4 is 49.6 Å². The van der Waals surface area contributed by atoms with Crippen molar-refractivity contribution in [3.63, 3.8) is 0 Å². The molecule has 0 aliphatic carbocycles. The standard InChI is InChI=1S/C23H20N4O4S3/c1-34(30,31)26-8-5-17(12-26)22(29)27-9-6-20(27)21(28)25-23-24-19(14-33-23)16-4-2-3-15(11-16)18-7-10-32-13-18/h2-5,7-8,10-14,20H,6,9H2,1H3,(H,24,25,28)/t20-/m0/s1. The second-order valence-electron chi connectivity index (χ2n) is 7.92. The Bertz CT molecular complexity index is 1470. The van der Waals surface area contributed by atoms with Gasteiger partial charge >= 0.3 is 0 Å². The number of nitrogens with one attached hydrogen (secondary N) is 1. The first kappa shape index (κ1) is 22.5. The first-order chi connectivity index (χ1) is 16.3. The smallest absolute Gasteiger partial charge is 0.256 e. The van der Waals surface area contributed by atoms with Crippen molar-refractivity contribution in [2.24, 2.45) is 0 Å². The summed E-state index contributed by atoms with van der Waals surface area (Å²) >= 11 is 2.97. The molecule has 0 unspecified atom stereocenters. The highest BCUT2D eigenvalue weighted by atomic mass is 32.2. The number of carbonyl (C=O) groups excluding carboxylic acids is 2. The number of rotatable bonds is 6. The van der Waals surface area contributed by atoms with Crippen LogP contribution >= 0.6 is 22.7 Å². The lowest BCUT2D eigenvalue weighted by molar-refractivity contribution is -0.123. The molecule has 2 amide bonds. The zero-order chi connectivity index (χ0) is 23.9. The Kier molecular flexibility index (Phi) is 5.84. The minimum Gasteiger partial charge on any atom is -0.326 e. The summed E-state index contributed by atoms with van der Waals surface area (Å²) in [4.78, 5) is 31.6. The molecule has 3 aromatic heterocycles. The van der Waals surface area contributed by atoms with E-state index in [1.807, 2.05) is 29.0 Å². The number of hydrogen-bond acceptors (Lipinski definition) is 7. The summed E-state index contributed by atoms with van der Waals surface area (Å²) < 4.78 is 24.3. The Labute approximate surface area is 204 Å². The van der Waals surface area contributed by atoms with E-state index in [1.165, 1.54) is 34.7 Å². The molecule has 1 fully saturated rings. The van der Waals surface area contributed by atoms with Crippen LogP contribution in [0, 0.1) is 0 Å². The highest BCUT2D eigenvalue weighted by molar-refractivity contribution is 7.89. The molecule has 4 aromatic rings. The van der Waals surface area contributed by atoms with Crippen LogP contribution in [-0.4, -0.2) is 52.9 Å². The van der Waals surface area contributed by atoms with Gasteiger partial charge in [0.05, 0.1) is 17.5 Å². The zero-order valence-electron chi connectivity index (χ0n) is 18.0. The maximum absolute atomic E-state index is 12.8. The van der Waals surface area contributed by atoms with E-state index in [0.717, 1.165) is 32.6 Å². The van der Waals surface area contributed by atoms with E-state index in [1.54, 1.807) is 11.3 Å². The van der Waals surface area contributed by atoms with Crippen molar-refractivity contribution in [3.8, 4) is 22.4 Å².